The van der Waals surface area contributed by atoms with Crippen molar-refractivity contribution < 1.29 is 15.1 Å². The molecule has 0 aliphatic heterocycles. The van der Waals surface area contributed by atoms with Crippen LogP contribution in [0.3, 0.4) is 0 Å². The van der Waals surface area contributed by atoms with Crippen molar-refractivity contribution in [2.45, 2.75) is 0 Å². The zero-order valence-electron chi connectivity index (χ0n) is 9.56. The van der Waals surface area contributed by atoms with Crippen LogP contribution in [-0.4, -0.2) is 22.4 Å². The topological polar surface area (TPSA) is 84.5 Å². The highest BCUT2D eigenvalue weighted by atomic mass is 16.5. The predicted octanol–water partition coefficient (Wildman–Crippen LogP) is 1.17. The fraction of sp³-hybridized carbons (Fsp3) is 0. The first-order valence-corrected chi connectivity index (χ1v) is 5.23. The second kappa shape index (κ2) is 7.25. The van der Waals surface area contributed by atoms with E-state index in [9.17, 15) is 0 Å². The van der Waals surface area contributed by atoms with Gasteiger partial charge >= 0.3 is 7.32 Å². The van der Waals surface area contributed by atoms with Crippen LogP contribution in [0.4, 0.5) is 0 Å². The van der Waals surface area contributed by atoms with Crippen molar-refractivity contribution in [1.29, 1.82) is 5.26 Å². The van der Waals surface area contributed by atoms with Gasteiger partial charge in [0.1, 0.15) is 0 Å². The van der Waals surface area contributed by atoms with Crippen molar-refractivity contribution in [2.24, 2.45) is 0 Å². The van der Waals surface area contributed by atoms with Crippen molar-refractivity contribution in [3.63, 3.8) is 0 Å². The fourth-order valence-corrected chi connectivity index (χ4v) is 1.37. The third-order valence-electron chi connectivity index (χ3n) is 2.12. The van der Waals surface area contributed by atoms with E-state index in [1.807, 2.05) is 42.5 Å². The van der Waals surface area contributed by atoms with Gasteiger partial charge in [0.05, 0.1) is 11.6 Å². The Kier molecular flexibility index (Phi) is 5.61. The number of benzene rings is 2. The molecule has 0 atom stereocenters. The molecule has 4 nitrogen and oxygen atoms in total. The Bertz CT molecular complexity index is 503. The zero-order valence-corrected chi connectivity index (χ0v) is 9.56. The third-order valence-corrected chi connectivity index (χ3v) is 2.12. The summed E-state index contributed by atoms with van der Waals surface area (Å²) in [5.74, 6) is 0. The normalized spacial score (nSPS) is 8.78. The summed E-state index contributed by atoms with van der Waals surface area (Å²) < 4.78 is 0. The third kappa shape index (κ3) is 4.81. The quantitative estimate of drug-likeness (QED) is 0.654. The number of nitrogens with zero attached hydrogens (tertiary/aromatic N) is 1. The lowest BCUT2D eigenvalue weighted by Gasteiger charge is -1.99. The summed E-state index contributed by atoms with van der Waals surface area (Å²) in [5, 5.41) is 30.1. The summed E-state index contributed by atoms with van der Waals surface area (Å²) in [7, 11) is -2.17. The average Bonchev–Trinajstić information content (AvgIpc) is 2.39. The second-order valence-electron chi connectivity index (χ2n) is 3.40. The lowest BCUT2D eigenvalue weighted by molar-refractivity contribution is 0.278. The Morgan fingerprint density at radius 3 is 1.67 bits per heavy atom. The molecule has 2 rings (SSSR count). The maximum Gasteiger partial charge on any atom is 0.631 e. The Hall–Kier alpha value is -2.13. The van der Waals surface area contributed by atoms with Gasteiger partial charge in [-0.2, -0.15) is 5.26 Å². The van der Waals surface area contributed by atoms with Gasteiger partial charge in [0, 0.05) is 0 Å². The lowest BCUT2D eigenvalue weighted by atomic mass is 10.0. The molecule has 0 unspecified atom stereocenters. The number of nitriles is 1. The van der Waals surface area contributed by atoms with Crippen molar-refractivity contribution >= 4 is 7.32 Å². The van der Waals surface area contributed by atoms with Gasteiger partial charge in [0.25, 0.3) is 0 Å². The molecule has 90 valence electrons. The minimum atomic E-state index is -2.17. The van der Waals surface area contributed by atoms with E-state index in [2.05, 4.69) is 18.2 Å². The second-order valence-corrected chi connectivity index (χ2v) is 3.40. The maximum absolute atomic E-state index is 8.65. The van der Waals surface area contributed by atoms with Gasteiger partial charge in [-0.05, 0) is 23.3 Å². The monoisotopic (exact) mass is 241 g/mol. The first-order valence-electron chi connectivity index (χ1n) is 5.23. The Morgan fingerprint density at radius 1 is 0.778 bits per heavy atom. The lowest BCUT2D eigenvalue weighted by Crippen LogP contribution is -2.07. The molecule has 0 aromatic heterocycles. The molecule has 0 aliphatic carbocycles. The molecule has 0 fully saturated rings. The van der Waals surface area contributed by atoms with Crippen LogP contribution in [0.5, 0.6) is 0 Å². The molecule has 0 amide bonds. The SMILES string of the molecule is N#Cc1ccc(-c2ccccc2)cc1.OB(O)O. The molecule has 5 heteroatoms. The van der Waals surface area contributed by atoms with E-state index in [-0.39, 0.29) is 0 Å². The molecule has 0 bridgehead atoms. The van der Waals surface area contributed by atoms with Crippen LogP contribution in [0.1, 0.15) is 5.56 Å². The number of hydrogen-bond acceptors (Lipinski definition) is 4. The summed E-state index contributed by atoms with van der Waals surface area (Å²) in [6.07, 6.45) is 0. The maximum atomic E-state index is 8.65. The van der Waals surface area contributed by atoms with E-state index in [0.29, 0.717) is 5.56 Å². The summed E-state index contributed by atoms with van der Waals surface area (Å²) in [6, 6.07) is 19.8. The first kappa shape index (κ1) is 13.9. The van der Waals surface area contributed by atoms with E-state index in [0.717, 1.165) is 5.56 Å². The van der Waals surface area contributed by atoms with Crippen LogP contribution in [0.25, 0.3) is 11.1 Å². The Balaban J connectivity index is 0.000000357. The molecule has 3 N–H and O–H groups in total. The van der Waals surface area contributed by atoms with Gasteiger partial charge < -0.3 is 15.1 Å². The molecular weight excluding hydrogens is 229 g/mol. The predicted molar refractivity (Wildman–Crippen MR) is 69.0 cm³/mol. The molecule has 2 aromatic carbocycles. The van der Waals surface area contributed by atoms with Gasteiger partial charge in [-0.25, -0.2) is 0 Å². The number of rotatable bonds is 1. The van der Waals surface area contributed by atoms with Crippen molar-refractivity contribution in [2.75, 3.05) is 0 Å². The minimum absolute atomic E-state index is 0.699. The van der Waals surface area contributed by atoms with Crippen LogP contribution in [0, 0.1) is 11.3 Å². The summed E-state index contributed by atoms with van der Waals surface area (Å²) in [5.41, 5.74) is 3.02. The van der Waals surface area contributed by atoms with Crippen LogP contribution in [-0.2, 0) is 0 Å². The molecule has 0 saturated carbocycles. The zero-order chi connectivity index (χ0) is 13.4. The van der Waals surface area contributed by atoms with Crippen molar-refractivity contribution in [3.05, 3.63) is 60.2 Å². The highest BCUT2D eigenvalue weighted by Gasteiger charge is 1.95. The van der Waals surface area contributed by atoms with E-state index < -0.39 is 7.32 Å². The Morgan fingerprint density at radius 2 is 1.22 bits per heavy atom. The molecule has 0 heterocycles. The molecule has 0 aliphatic rings. The van der Waals surface area contributed by atoms with Crippen LogP contribution in [0.2, 0.25) is 0 Å². The minimum Gasteiger partial charge on any atom is -0.402 e. The largest absolute Gasteiger partial charge is 0.631 e. The van der Waals surface area contributed by atoms with Crippen molar-refractivity contribution in [3.8, 4) is 17.2 Å². The van der Waals surface area contributed by atoms with Gasteiger partial charge in [-0.1, -0.05) is 42.5 Å². The molecule has 18 heavy (non-hydrogen) atoms. The highest BCUT2D eigenvalue weighted by molar-refractivity contribution is 6.30. The molecule has 0 radical (unpaired) electrons. The molecular formula is C13H12BNO3. The summed E-state index contributed by atoms with van der Waals surface area (Å²) in [6.45, 7) is 0. The van der Waals surface area contributed by atoms with Gasteiger partial charge in [0.2, 0.25) is 0 Å². The van der Waals surface area contributed by atoms with Gasteiger partial charge in [0.15, 0.2) is 0 Å². The van der Waals surface area contributed by atoms with E-state index >= 15 is 0 Å². The number of hydrogen-bond donors (Lipinski definition) is 3. The van der Waals surface area contributed by atoms with Crippen molar-refractivity contribution in [1.82, 2.24) is 0 Å². The van der Waals surface area contributed by atoms with Crippen LogP contribution in [0.15, 0.2) is 54.6 Å². The fourth-order valence-electron chi connectivity index (χ4n) is 1.37. The van der Waals surface area contributed by atoms with E-state index in [1.54, 1.807) is 0 Å². The van der Waals surface area contributed by atoms with Gasteiger partial charge in [-0.15, -0.1) is 0 Å². The molecule has 0 saturated heterocycles. The average molecular weight is 241 g/mol. The summed E-state index contributed by atoms with van der Waals surface area (Å²) in [4.78, 5) is 0. The first-order chi connectivity index (χ1) is 8.63. The van der Waals surface area contributed by atoms with Crippen LogP contribution < -0.4 is 0 Å². The van der Waals surface area contributed by atoms with E-state index in [4.69, 9.17) is 20.3 Å². The summed E-state index contributed by atoms with van der Waals surface area (Å²) >= 11 is 0. The molecule has 0 spiro atoms. The van der Waals surface area contributed by atoms with Crippen LogP contribution >= 0.6 is 0 Å². The molecule has 2 aromatic rings. The highest BCUT2D eigenvalue weighted by Crippen LogP contribution is 2.18. The van der Waals surface area contributed by atoms with E-state index in [1.165, 1.54) is 5.56 Å². The van der Waals surface area contributed by atoms with Gasteiger partial charge in [-0.3, -0.25) is 0 Å². The standard InChI is InChI=1S/C13H9N.BH3O3/c14-10-11-6-8-13(9-7-11)12-4-2-1-3-5-12;2-1(3)4/h1-9H;2-4H. The smallest absolute Gasteiger partial charge is 0.402 e. The Labute approximate surface area is 106 Å².